The summed E-state index contributed by atoms with van der Waals surface area (Å²) in [5.74, 6) is 0.927. The first-order chi connectivity index (χ1) is 8.39. The second-order valence-corrected chi connectivity index (χ2v) is 6.43. The molecule has 0 bridgehead atoms. The fraction of sp³-hybridized carbons (Fsp3) is 0.625. The van der Waals surface area contributed by atoms with Crippen molar-refractivity contribution in [2.75, 3.05) is 13.7 Å². The lowest BCUT2D eigenvalue weighted by atomic mass is 10.0. The molecule has 1 fully saturated rings. The van der Waals surface area contributed by atoms with Crippen molar-refractivity contribution in [3.05, 3.63) is 29.8 Å². The monoisotopic (exact) mass is 247 g/mol. The van der Waals surface area contributed by atoms with Crippen molar-refractivity contribution in [1.82, 2.24) is 5.32 Å². The van der Waals surface area contributed by atoms with E-state index in [1.165, 1.54) is 5.56 Å². The average Bonchev–Trinajstić information content (AvgIpc) is 2.72. The molecule has 2 nitrogen and oxygen atoms in total. The van der Waals surface area contributed by atoms with Crippen molar-refractivity contribution in [2.45, 2.75) is 40.2 Å². The normalized spacial score (nSPS) is 20.7. The summed E-state index contributed by atoms with van der Waals surface area (Å²) in [4.78, 5) is 0. The molecule has 0 aliphatic heterocycles. The van der Waals surface area contributed by atoms with Gasteiger partial charge in [0.15, 0.2) is 0 Å². The van der Waals surface area contributed by atoms with Crippen LogP contribution in [-0.2, 0) is 6.42 Å². The van der Waals surface area contributed by atoms with Gasteiger partial charge in [0, 0.05) is 6.04 Å². The smallest absolute Gasteiger partial charge is 0.118 e. The maximum atomic E-state index is 5.16. The molecule has 1 aliphatic rings. The van der Waals surface area contributed by atoms with Crippen LogP contribution in [0.1, 0.15) is 33.3 Å². The van der Waals surface area contributed by atoms with Crippen LogP contribution in [0.25, 0.3) is 0 Å². The predicted octanol–water partition coefficient (Wildman–Crippen LogP) is 3.26. The number of methoxy groups -OCH3 is 1. The molecule has 18 heavy (non-hydrogen) atoms. The zero-order chi connectivity index (χ0) is 13.4. The van der Waals surface area contributed by atoms with Gasteiger partial charge in [0.05, 0.1) is 7.11 Å². The van der Waals surface area contributed by atoms with E-state index in [4.69, 9.17) is 4.74 Å². The Hall–Kier alpha value is -1.02. The highest BCUT2D eigenvalue weighted by atomic mass is 16.5. The van der Waals surface area contributed by atoms with Crippen LogP contribution in [0.5, 0.6) is 5.75 Å². The van der Waals surface area contributed by atoms with Gasteiger partial charge in [-0.25, -0.2) is 0 Å². The van der Waals surface area contributed by atoms with Crippen LogP contribution in [-0.4, -0.2) is 19.7 Å². The van der Waals surface area contributed by atoms with E-state index in [1.54, 1.807) is 7.11 Å². The van der Waals surface area contributed by atoms with E-state index in [0.29, 0.717) is 16.9 Å². The fourth-order valence-corrected chi connectivity index (χ4v) is 2.86. The predicted molar refractivity (Wildman–Crippen MR) is 76.1 cm³/mol. The van der Waals surface area contributed by atoms with Gasteiger partial charge in [0.2, 0.25) is 0 Å². The van der Waals surface area contributed by atoms with Crippen LogP contribution in [0.4, 0.5) is 0 Å². The fourth-order valence-electron chi connectivity index (χ4n) is 2.86. The molecule has 1 aliphatic carbocycles. The van der Waals surface area contributed by atoms with Crippen molar-refractivity contribution in [2.24, 2.45) is 10.8 Å². The Kier molecular flexibility index (Phi) is 3.41. The zero-order valence-electron chi connectivity index (χ0n) is 12.2. The van der Waals surface area contributed by atoms with Gasteiger partial charge in [0.25, 0.3) is 0 Å². The molecule has 2 rings (SSSR count). The summed E-state index contributed by atoms with van der Waals surface area (Å²) < 4.78 is 5.16. The molecule has 0 amide bonds. The molecule has 0 atom stereocenters. The average molecular weight is 247 g/mol. The van der Waals surface area contributed by atoms with Gasteiger partial charge in [-0.05, 0) is 41.5 Å². The number of hydrogen-bond donors (Lipinski definition) is 1. The number of ether oxygens (including phenoxy) is 1. The molecular formula is C16H25NO. The van der Waals surface area contributed by atoms with Gasteiger partial charge >= 0.3 is 0 Å². The quantitative estimate of drug-likeness (QED) is 0.862. The maximum Gasteiger partial charge on any atom is 0.118 e. The third-order valence-electron chi connectivity index (χ3n) is 4.94. The lowest BCUT2D eigenvalue weighted by molar-refractivity contribution is 0.414. The Morgan fingerprint density at radius 3 is 2.06 bits per heavy atom. The minimum Gasteiger partial charge on any atom is -0.497 e. The molecule has 1 aromatic carbocycles. The van der Waals surface area contributed by atoms with Crippen LogP contribution in [0.2, 0.25) is 0 Å². The summed E-state index contributed by atoms with van der Waals surface area (Å²) in [6.45, 7) is 10.4. The molecule has 0 spiro atoms. The first-order valence-electron chi connectivity index (χ1n) is 6.76. The summed E-state index contributed by atoms with van der Waals surface area (Å²) in [6.07, 6.45) is 1.08. The van der Waals surface area contributed by atoms with Gasteiger partial charge in [-0.2, -0.15) is 0 Å². The number of nitrogens with one attached hydrogen (secondary N) is 1. The Bertz CT molecular complexity index is 392. The standard InChI is InChI=1S/C16H25NO/c1-15(2)14(16(15,3)4)17-11-10-12-6-8-13(18-5)9-7-12/h6-9,14,17H,10-11H2,1-5H3. The summed E-state index contributed by atoms with van der Waals surface area (Å²) in [7, 11) is 1.70. The number of rotatable bonds is 5. The molecule has 0 aromatic heterocycles. The zero-order valence-corrected chi connectivity index (χ0v) is 12.2. The van der Waals surface area contributed by atoms with Gasteiger partial charge in [-0.15, -0.1) is 0 Å². The third kappa shape index (κ3) is 2.26. The highest BCUT2D eigenvalue weighted by molar-refractivity contribution is 5.27. The lowest BCUT2D eigenvalue weighted by Gasteiger charge is -2.07. The van der Waals surface area contributed by atoms with Crippen molar-refractivity contribution >= 4 is 0 Å². The maximum absolute atomic E-state index is 5.16. The number of hydrogen-bond acceptors (Lipinski definition) is 2. The number of benzene rings is 1. The second kappa shape index (κ2) is 4.58. The Morgan fingerprint density at radius 2 is 1.61 bits per heavy atom. The topological polar surface area (TPSA) is 21.3 Å². The highest BCUT2D eigenvalue weighted by Gasteiger charge is 2.64. The molecular weight excluding hydrogens is 222 g/mol. The van der Waals surface area contributed by atoms with Crippen molar-refractivity contribution in [3.63, 3.8) is 0 Å². The molecule has 100 valence electrons. The van der Waals surface area contributed by atoms with E-state index < -0.39 is 0 Å². The van der Waals surface area contributed by atoms with E-state index in [9.17, 15) is 0 Å². The van der Waals surface area contributed by atoms with E-state index >= 15 is 0 Å². The van der Waals surface area contributed by atoms with Gasteiger partial charge in [0.1, 0.15) is 5.75 Å². The summed E-state index contributed by atoms with van der Waals surface area (Å²) in [5, 5.41) is 3.68. The molecule has 2 heteroatoms. The van der Waals surface area contributed by atoms with Crippen LogP contribution >= 0.6 is 0 Å². The van der Waals surface area contributed by atoms with E-state index in [-0.39, 0.29) is 0 Å². The van der Waals surface area contributed by atoms with Crippen LogP contribution < -0.4 is 10.1 Å². The molecule has 0 heterocycles. The first kappa shape index (κ1) is 13.4. The minimum absolute atomic E-state index is 0.424. The summed E-state index contributed by atoms with van der Waals surface area (Å²) in [6, 6.07) is 8.98. The van der Waals surface area contributed by atoms with Gasteiger partial charge in [-0.3, -0.25) is 0 Å². The Labute approximate surface area is 111 Å². The molecule has 1 aromatic rings. The molecule has 1 N–H and O–H groups in total. The summed E-state index contributed by atoms with van der Waals surface area (Å²) >= 11 is 0. The molecule has 0 radical (unpaired) electrons. The van der Waals surface area contributed by atoms with E-state index in [0.717, 1.165) is 18.7 Å². The van der Waals surface area contributed by atoms with Crippen LogP contribution in [0.15, 0.2) is 24.3 Å². The van der Waals surface area contributed by atoms with E-state index in [2.05, 4.69) is 45.1 Å². The van der Waals surface area contributed by atoms with Gasteiger partial charge in [-0.1, -0.05) is 39.8 Å². The van der Waals surface area contributed by atoms with Crippen molar-refractivity contribution in [3.8, 4) is 5.75 Å². The van der Waals surface area contributed by atoms with Crippen molar-refractivity contribution < 1.29 is 4.74 Å². The first-order valence-corrected chi connectivity index (χ1v) is 6.76. The Balaban J connectivity index is 1.79. The largest absolute Gasteiger partial charge is 0.497 e. The molecule has 0 unspecified atom stereocenters. The summed E-state index contributed by atoms with van der Waals surface area (Å²) in [5.41, 5.74) is 2.21. The van der Waals surface area contributed by atoms with Crippen molar-refractivity contribution in [1.29, 1.82) is 0 Å². The second-order valence-electron chi connectivity index (χ2n) is 6.43. The van der Waals surface area contributed by atoms with Crippen LogP contribution in [0, 0.1) is 10.8 Å². The lowest BCUT2D eigenvalue weighted by Crippen LogP contribution is -2.24. The highest BCUT2D eigenvalue weighted by Crippen LogP contribution is 2.62. The minimum atomic E-state index is 0.424. The molecule has 1 saturated carbocycles. The Morgan fingerprint density at radius 1 is 1.06 bits per heavy atom. The SMILES string of the molecule is COc1ccc(CCNC2C(C)(C)C2(C)C)cc1. The van der Waals surface area contributed by atoms with E-state index in [1.807, 2.05) is 12.1 Å². The van der Waals surface area contributed by atoms with Crippen LogP contribution in [0.3, 0.4) is 0 Å². The molecule has 0 saturated heterocycles. The third-order valence-corrected chi connectivity index (χ3v) is 4.94. The van der Waals surface area contributed by atoms with Gasteiger partial charge < -0.3 is 10.1 Å².